The van der Waals surface area contributed by atoms with Crippen LogP contribution in [-0.4, -0.2) is 57.7 Å². The summed E-state index contributed by atoms with van der Waals surface area (Å²) in [6.45, 7) is 4.57. The van der Waals surface area contributed by atoms with Crippen molar-refractivity contribution in [1.82, 2.24) is 15.0 Å². The molecule has 2 aliphatic heterocycles. The molecule has 8 nitrogen and oxygen atoms in total. The van der Waals surface area contributed by atoms with Gasteiger partial charge in [-0.15, -0.1) is 0 Å². The molecule has 5 heterocycles. The van der Waals surface area contributed by atoms with Gasteiger partial charge in [0.2, 0.25) is 0 Å². The highest BCUT2D eigenvalue weighted by atomic mass is 35.5. The molecule has 9 heteroatoms. The fraction of sp³-hybridized carbons (Fsp3) is 0.500. The van der Waals surface area contributed by atoms with E-state index in [0.29, 0.717) is 41.6 Å². The summed E-state index contributed by atoms with van der Waals surface area (Å²) in [4.78, 5) is 12.1. The molecule has 0 amide bonds. The average molecular weight is 420 g/mol. The van der Waals surface area contributed by atoms with Crippen molar-refractivity contribution in [1.29, 1.82) is 0 Å². The average Bonchev–Trinajstić information content (AvgIpc) is 3.42. The molecule has 4 atom stereocenters. The van der Waals surface area contributed by atoms with E-state index < -0.39 is 6.10 Å². The molecule has 0 aliphatic carbocycles. The molecule has 5 rings (SSSR count). The molecule has 0 radical (unpaired) electrons. The van der Waals surface area contributed by atoms with Gasteiger partial charge in [-0.25, -0.2) is 4.98 Å². The number of hydrogen-bond donors (Lipinski definition) is 2. The fourth-order valence-corrected chi connectivity index (χ4v) is 4.11. The first-order valence-electron chi connectivity index (χ1n) is 9.67. The van der Waals surface area contributed by atoms with Crippen LogP contribution in [0.25, 0.3) is 11.2 Å². The minimum absolute atomic E-state index is 0.255. The molecule has 29 heavy (non-hydrogen) atoms. The molecule has 3 aromatic rings. The number of halogens is 1. The monoisotopic (exact) mass is 419 g/mol. The van der Waals surface area contributed by atoms with Gasteiger partial charge in [0.05, 0.1) is 29.4 Å². The quantitative estimate of drug-likeness (QED) is 0.655. The number of furan rings is 1. The minimum atomic E-state index is -0.617. The number of aliphatic hydroxyl groups excluding tert-OH is 1. The number of aromatic amines is 1. The Balaban J connectivity index is 1.31. The summed E-state index contributed by atoms with van der Waals surface area (Å²) < 4.78 is 22.8. The summed E-state index contributed by atoms with van der Waals surface area (Å²) in [5.41, 5.74) is 3.13. The Kier molecular flexibility index (Phi) is 4.74. The highest BCUT2D eigenvalue weighted by Crippen LogP contribution is 2.30. The van der Waals surface area contributed by atoms with Gasteiger partial charge in [0.25, 0.3) is 6.01 Å². The second kappa shape index (κ2) is 7.28. The van der Waals surface area contributed by atoms with Crippen LogP contribution in [0, 0.1) is 13.8 Å². The standard InChI is InChI=1S/C20H22ClN3O5/c1-9-5-11(28-10(9)2)3-4-13-12(21)6-14-19(22-13)24-20(23-14)29-16-8-27-17-15(25)7-26-18(16)17/h5-6,15-18,25H,3-4,7-8H2,1-2H3,(H,22,23,24)/t15-,16-,17-,18-/m1/s1. The third-order valence-electron chi connectivity index (χ3n) is 5.55. The summed E-state index contributed by atoms with van der Waals surface area (Å²) in [5.74, 6) is 1.85. The minimum Gasteiger partial charge on any atom is -0.466 e. The van der Waals surface area contributed by atoms with Crippen molar-refractivity contribution >= 4 is 22.8 Å². The number of aryl methyl sites for hydroxylation is 4. The molecule has 3 aromatic heterocycles. The third kappa shape index (κ3) is 3.50. The first-order chi connectivity index (χ1) is 14.0. The van der Waals surface area contributed by atoms with Crippen LogP contribution in [0.5, 0.6) is 6.01 Å². The maximum atomic E-state index is 9.85. The van der Waals surface area contributed by atoms with Crippen LogP contribution < -0.4 is 4.74 Å². The molecule has 0 spiro atoms. The molecular formula is C20H22ClN3O5. The predicted molar refractivity (Wildman–Crippen MR) is 104 cm³/mol. The Bertz CT molecular complexity index is 1030. The molecule has 2 N–H and O–H groups in total. The number of hydrogen-bond acceptors (Lipinski definition) is 7. The van der Waals surface area contributed by atoms with E-state index in [1.807, 2.05) is 26.0 Å². The summed E-state index contributed by atoms with van der Waals surface area (Å²) in [5, 5.41) is 10.4. The predicted octanol–water partition coefficient (Wildman–Crippen LogP) is 2.51. The van der Waals surface area contributed by atoms with E-state index in [-0.39, 0.29) is 24.9 Å². The van der Waals surface area contributed by atoms with Gasteiger partial charge in [-0.1, -0.05) is 11.6 Å². The van der Waals surface area contributed by atoms with Crippen LogP contribution in [0.4, 0.5) is 0 Å². The van der Waals surface area contributed by atoms with Crippen molar-refractivity contribution in [3.05, 3.63) is 39.9 Å². The number of pyridine rings is 1. The number of nitrogens with one attached hydrogen (secondary N) is 1. The highest BCUT2D eigenvalue weighted by Gasteiger charge is 2.48. The van der Waals surface area contributed by atoms with Gasteiger partial charge in [-0.05, 0) is 38.0 Å². The van der Waals surface area contributed by atoms with E-state index in [1.54, 1.807) is 0 Å². The SMILES string of the molecule is Cc1cc(CCc2nc3nc(O[C@@H]4CO[C@H]5[C@@H]4OC[C@H]5O)[nH]c3cc2Cl)oc1C. The zero-order valence-electron chi connectivity index (χ0n) is 16.1. The number of fused-ring (bicyclic) bond motifs is 2. The fourth-order valence-electron chi connectivity index (χ4n) is 3.87. The van der Waals surface area contributed by atoms with Crippen LogP contribution in [0.3, 0.4) is 0 Å². The normalized spacial score (nSPS) is 26.3. The Morgan fingerprint density at radius 2 is 2.00 bits per heavy atom. The summed E-state index contributed by atoms with van der Waals surface area (Å²) in [7, 11) is 0. The number of aromatic nitrogens is 3. The van der Waals surface area contributed by atoms with Crippen LogP contribution in [0.15, 0.2) is 16.5 Å². The maximum absolute atomic E-state index is 9.85. The highest BCUT2D eigenvalue weighted by molar-refractivity contribution is 6.31. The van der Waals surface area contributed by atoms with E-state index >= 15 is 0 Å². The van der Waals surface area contributed by atoms with Crippen molar-refractivity contribution in [2.45, 2.75) is 51.1 Å². The number of aliphatic hydroxyl groups is 1. The van der Waals surface area contributed by atoms with Crippen molar-refractivity contribution in [3.63, 3.8) is 0 Å². The van der Waals surface area contributed by atoms with Gasteiger partial charge in [-0.3, -0.25) is 0 Å². The van der Waals surface area contributed by atoms with E-state index in [9.17, 15) is 5.11 Å². The lowest BCUT2D eigenvalue weighted by molar-refractivity contribution is 0.00706. The van der Waals surface area contributed by atoms with E-state index in [0.717, 1.165) is 22.8 Å². The summed E-state index contributed by atoms with van der Waals surface area (Å²) in [6, 6.07) is 4.18. The molecule has 0 bridgehead atoms. The lowest BCUT2D eigenvalue weighted by atomic mass is 10.1. The van der Waals surface area contributed by atoms with Crippen LogP contribution in [-0.2, 0) is 22.3 Å². The van der Waals surface area contributed by atoms with E-state index in [4.69, 9.17) is 30.2 Å². The number of ether oxygens (including phenoxy) is 3. The van der Waals surface area contributed by atoms with Gasteiger partial charge in [0.15, 0.2) is 11.8 Å². The molecule has 0 aromatic carbocycles. The largest absolute Gasteiger partial charge is 0.466 e. The van der Waals surface area contributed by atoms with Crippen molar-refractivity contribution < 1.29 is 23.7 Å². The van der Waals surface area contributed by atoms with Gasteiger partial charge < -0.3 is 28.7 Å². The molecule has 2 aliphatic rings. The second-order valence-electron chi connectivity index (χ2n) is 7.60. The topological polar surface area (TPSA) is 103 Å². The number of H-pyrrole nitrogens is 1. The van der Waals surface area contributed by atoms with Crippen LogP contribution >= 0.6 is 11.6 Å². The number of nitrogens with zero attached hydrogens (tertiary/aromatic N) is 2. The Morgan fingerprint density at radius 1 is 1.17 bits per heavy atom. The molecule has 0 saturated carbocycles. The Hall–Kier alpha value is -2.13. The van der Waals surface area contributed by atoms with Gasteiger partial charge in [-0.2, -0.15) is 4.98 Å². The molecule has 2 saturated heterocycles. The molecule has 0 unspecified atom stereocenters. The van der Waals surface area contributed by atoms with Gasteiger partial charge >= 0.3 is 0 Å². The van der Waals surface area contributed by atoms with Crippen molar-refractivity contribution in [2.75, 3.05) is 13.2 Å². The van der Waals surface area contributed by atoms with Gasteiger partial charge in [0, 0.05) is 6.42 Å². The van der Waals surface area contributed by atoms with Crippen LogP contribution in [0.2, 0.25) is 5.02 Å². The smallest absolute Gasteiger partial charge is 0.296 e. The first kappa shape index (κ1) is 18.9. The summed E-state index contributed by atoms with van der Waals surface area (Å²) >= 11 is 6.43. The number of imidazole rings is 1. The second-order valence-corrected chi connectivity index (χ2v) is 8.01. The maximum Gasteiger partial charge on any atom is 0.296 e. The van der Waals surface area contributed by atoms with Crippen molar-refractivity contribution in [3.8, 4) is 6.01 Å². The first-order valence-corrected chi connectivity index (χ1v) is 10.0. The molecule has 154 valence electrons. The lowest BCUT2D eigenvalue weighted by Crippen LogP contribution is -2.34. The summed E-state index contributed by atoms with van der Waals surface area (Å²) in [6.07, 6.45) is -0.242. The number of rotatable bonds is 5. The van der Waals surface area contributed by atoms with Crippen LogP contribution in [0.1, 0.15) is 22.8 Å². The third-order valence-corrected chi connectivity index (χ3v) is 5.87. The zero-order chi connectivity index (χ0) is 20.1. The van der Waals surface area contributed by atoms with E-state index in [1.165, 1.54) is 0 Å². The Morgan fingerprint density at radius 3 is 2.79 bits per heavy atom. The van der Waals surface area contributed by atoms with Crippen molar-refractivity contribution in [2.24, 2.45) is 0 Å². The Labute approximate surface area is 172 Å². The molecular weight excluding hydrogens is 398 g/mol. The van der Waals surface area contributed by atoms with Gasteiger partial charge in [0.1, 0.15) is 29.8 Å². The van der Waals surface area contributed by atoms with E-state index in [2.05, 4.69) is 15.0 Å². The molecule has 2 fully saturated rings. The zero-order valence-corrected chi connectivity index (χ0v) is 16.9. The lowest BCUT2D eigenvalue weighted by Gasteiger charge is -2.15.